The van der Waals surface area contributed by atoms with E-state index in [0.29, 0.717) is 35.1 Å². The number of nitrogens with zero attached hydrogens (tertiary/aromatic N) is 2. The minimum absolute atomic E-state index is 0.181. The molecule has 0 aliphatic carbocycles. The summed E-state index contributed by atoms with van der Waals surface area (Å²) in [6, 6.07) is 20.5. The lowest BCUT2D eigenvalue weighted by atomic mass is 10.1. The number of ether oxygens (including phenoxy) is 2. The summed E-state index contributed by atoms with van der Waals surface area (Å²) in [5.41, 5.74) is 3.69. The number of carbonyl (C=O) groups excluding carboxylic acids is 1. The molecule has 0 spiro atoms. The van der Waals surface area contributed by atoms with E-state index in [0.717, 1.165) is 16.8 Å². The fourth-order valence-electron chi connectivity index (χ4n) is 3.39. The van der Waals surface area contributed by atoms with Gasteiger partial charge in [0.1, 0.15) is 18.0 Å². The molecule has 2 N–H and O–H groups in total. The first-order valence-corrected chi connectivity index (χ1v) is 10.3. The van der Waals surface area contributed by atoms with Gasteiger partial charge in [-0.1, -0.05) is 6.07 Å². The molecule has 0 radical (unpaired) electrons. The van der Waals surface area contributed by atoms with Crippen LogP contribution in [0.4, 0.5) is 15.9 Å². The van der Waals surface area contributed by atoms with Gasteiger partial charge < -0.3 is 20.1 Å². The Balaban J connectivity index is 1.21. The Bertz CT molecular complexity index is 1290. The van der Waals surface area contributed by atoms with E-state index in [-0.39, 0.29) is 18.5 Å². The zero-order valence-electron chi connectivity index (χ0n) is 17.4. The molecule has 5 rings (SSSR count). The van der Waals surface area contributed by atoms with Gasteiger partial charge in [-0.2, -0.15) is 0 Å². The topological polar surface area (TPSA) is 85.4 Å². The Morgan fingerprint density at radius 1 is 0.909 bits per heavy atom. The van der Waals surface area contributed by atoms with Crippen molar-refractivity contribution in [3.8, 4) is 22.8 Å². The molecule has 3 aromatic carbocycles. The van der Waals surface area contributed by atoms with Gasteiger partial charge in [0, 0.05) is 29.4 Å². The summed E-state index contributed by atoms with van der Waals surface area (Å²) < 4.78 is 23.8. The van der Waals surface area contributed by atoms with Crippen molar-refractivity contribution in [2.24, 2.45) is 0 Å². The second-order valence-corrected chi connectivity index (χ2v) is 7.37. The zero-order valence-corrected chi connectivity index (χ0v) is 17.4. The molecule has 0 saturated carbocycles. The number of anilines is 2. The lowest BCUT2D eigenvalue weighted by molar-refractivity contribution is 0.0951. The van der Waals surface area contributed by atoms with Crippen molar-refractivity contribution in [1.29, 1.82) is 0 Å². The van der Waals surface area contributed by atoms with Gasteiger partial charge in [0.25, 0.3) is 5.91 Å². The average molecular weight is 442 g/mol. The van der Waals surface area contributed by atoms with Gasteiger partial charge in [-0.15, -0.1) is 0 Å². The third-order valence-electron chi connectivity index (χ3n) is 5.12. The van der Waals surface area contributed by atoms with Gasteiger partial charge in [-0.3, -0.25) is 4.79 Å². The van der Waals surface area contributed by atoms with Crippen LogP contribution in [-0.4, -0.2) is 22.7 Å². The molecule has 7 nitrogen and oxygen atoms in total. The number of amides is 1. The predicted octanol–water partition coefficient (Wildman–Crippen LogP) is 4.69. The van der Waals surface area contributed by atoms with Crippen LogP contribution in [0.15, 0.2) is 79.1 Å². The molecule has 0 unspecified atom stereocenters. The number of hydrogen-bond donors (Lipinski definition) is 2. The van der Waals surface area contributed by atoms with Crippen LogP contribution >= 0.6 is 0 Å². The van der Waals surface area contributed by atoms with Crippen molar-refractivity contribution >= 4 is 17.4 Å². The van der Waals surface area contributed by atoms with E-state index in [9.17, 15) is 9.18 Å². The number of halogens is 1. The second-order valence-electron chi connectivity index (χ2n) is 7.37. The van der Waals surface area contributed by atoms with Crippen molar-refractivity contribution < 1.29 is 18.7 Å². The Hall–Kier alpha value is -4.46. The lowest BCUT2D eigenvalue weighted by Crippen LogP contribution is -2.22. The van der Waals surface area contributed by atoms with E-state index in [1.165, 1.54) is 18.5 Å². The normalized spacial score (nSPS) is 11.8. The predicted molar refractivity (Wildman–Crippen MR) is 121 cm³/mol. The summed E-state index contributed by atoms with van der Waals surface area (Å²) in [6.45, 7) is 0.594. The molecule has 1 aromatic heterocycles. The number of aromatic nitrogens is 2. The third-order valence-corrected chi connectivity index (χ3v) is 5.12. The van der Waals surface area contributed by atoms with Crippen molar-refractivity contribution in [3.63, 3.8) is 0 Å². The number of nitrogens with one attached hydrogen (secondary N) is 2. The lowest BCUT2D eigenvalue weighted by Gasteiger charge is -2.09. The fourth-order valence-corrected chi connectivity index (χ4v) is 3.39. The maximum atomic E-state index is 13.2. The second kappa shape index (κ2) is 8.96. The highest BCUT2D eigenvalue weighted by Gasteiger charge is 2.14. The Morgan fingerprint density at radius 3 is 2.52 bits per heavy atom. The van der Waals surface area contributed by atoms with E-state index in [4.69, 9.17) is 9.47 Å². The summed E-state index contributed by atoms with van der Waals surface area (Å²) in [5, 5.41) is 6.09. The average Bonchev–Trinajstić information content (AvgIpc) is 3.32. The Labute approximate surface area is 189 Å². The van der Waals surface area contributed by atoms with Crippen molar-refractivity contribution in [3.05, 3.63) is 96.1 Å². The van der Waals surface area contributed by atoms with Crippen LogP contribution < -0.4 is 20.1 Å². The first-order valence-electron chi connectivity index (χ1n) is 10.3. The van der Waals surface area contributed by atoms with Crippen LogP contribution in [0.3, 0.4) is 0 Å². The first-order chi connectivity index (χ1) is 16.1. The quantitative estimate of drug-likeness (QED) is 0.451. The van der Waals surface area contributed by atoms with Crippen molar-refractivity contribution in [2.45, 2.75) is 6.54 Å². The number of carbonyl (C=O) groups is 1. The standard InChI is InChI=1S/C25H19FN4O3/c26-19-6-2-17(3-7-19)21-12-24(29-14-28-21)30-20-8-4-18(5-9-20)25(31)27-13-16-1-10-22-23(11-16)33-15-32-22/h1-12,14H,13,15H2,(H,27,31)(H,28,29,30). The van der Waals surface area contributed by atoms with Crippen LogP contribution in [0, 0.1) is 5.82 Å². The molecule has 164 valence electrons. The maximum absolute atomic E-state index is 13.2. The van der Waals surface area contributed by atoms with Crippen LogP contribution in [-0.2, 0) is 6.54 Å². The molecule has 0 atom stereocenters. The highest BCUT2D eigenvalue weighted by molar-refractivity contribution is 5.94. The van der Waals surface area contributed by atoms with E-state index < -0.39 is 0 Å². The molecule has 1 amide bonds. The molecular formula is C25H19FN4O3. The van der Waals surface area contributed by atoms with Crippen LogP contribution in [0.2, 0.25) is 0 Å². The SMILES string of the molecule is O=C(NCc1ccc2c(c1)OCO2)c1ccc(Nc2cc(-c3ccc(F)cc3)ncn2)cc1. The molecule has 1 aliphatic heterocycles. The minimum Gasteiger partial charge on any atom is -0.454 e. The summed E-state index contributed by atoms with van der Waals surface area (Å²) in [4.78, 5) is 21.0. The minimum atomic E-state index is -0.300. The van der Waals surface area contributed by atoms with Crippen molar-refractivity contribution in [1.82, 2.24) is 15.3 Å². The summed E-state index contributed by atoms with van der Waals surface area (Å²) in [6.07, 6.45) is 1.44. The zero-order chi connectivity index (χ0) is 22.6. The molecular weight excluding hydrogens is 423 g/mol. The van der Waals surface area contributed by atoms with Crippen molar-refractivity contribution in [2.75, 3.05) is 12.1 Å². The van der Waals surface area contributed by atoms with Gasteiger partial charge in [-0.05, 0) is 66.2 Å². The number of fused-ring (bicyclic) bond motifs is 1. The van der Waals surface area contributed by atoms with Crippen LogP contribution in [0.1, 0.15) is 15.9 Å². The molecule has 4 aromatic rings. The highest BCUT2D eigenvalue weighted by Crippen LogP contribution is 2.32. The largest absolute Gasteiger partial charge is 0.454 e. The molecule has 0 saturated heterocycles. The Kier molecular flexibility index (Phi) is 5.55. The summed E-state index contributed by atoms with van der Waals surface area (Å²) >= 11 is 0. The van der Waals surface area contributed by atoms with E-state index in [1.807, 2.05) is 18.2 Å². The molecule has 33 heavy (non-hydrogen) atoms. The van der Waals surface area contributed by atoms with Gasteiger partial charge in [0.2, 0.25) is 6.79 Å². The van der Waals surface area contributed by atoms with E-state index >= 15 is 0 Å². The van der Waals surface area contributed by atoms with E-state index in [1.54, 1.807) is 42.5 Å². The van der Waals surface area contributed by atoms with Gasteiger partial charge >= 0.3 is 0 Å². The summed E-state index contributed by atoms with van der Waals surface area (Å²) in [7, 11) is 0. The monoisotopic (exact) mass is 442 g/mol. The molecule has 8 heteroatoms. The Morgan fingerprint density at radius 2 is 1.70 bits per heavy atom. The van der Waals surface area contributed by atoms with E-state index in [2.05, 4.69) is 20.6 Å². The van der Waals surface area contributed by atoms with Gasteiger partial charge in [0.05, 0.1) is 5.69 Å². The molecule has 1 aliphatic rings. The first kappa shape index (κ1) is 20.4. The molecule has 0 bridgehead atoms. The fraction of sp³-hybridized carbons (Fsp3) is 0.0800. The van der Waals surface area contributed by atoms with Crippen LogP contribution in [0.5, 0.6) is 11.5 Å². The molecule has 0 fully saturated rings. The number of rotatable bonds is 6. The number of hydrogen-bond acceptors (Lipinski definition) is 6. The van der Waals surface area contributed by atoms with Crippen LogP contribution in [0.25, 0.3) is 11.3 Å². The molecule has 2 heterocycles. The highest BCUT2D eigenvalue weighted by atomic mass is 19.1. The smallest absolute Gasteiger partial charge is 0.251 e. The third kappa shape index (κ3) is 4.74. The van der Waals surface area contributed by atoms with Gasteiger partial charge in [-0.25, -0.2) is 14.4 Å². The number of benzene rings is 3. The maximum Gasteiger partial charge on any atom is 0.251 e. The van der Waals surface area contributed by atoms with Gasteiger partial charge in [0.15, 0.2) is 11.5 Å². The summed E-state index contributed by atoms with van der Waals surface area (Å²) in [5.74, 6) is 1.50.